The van der Waals surface area contributed by atoms with Crippen molar-refractivity contribution in [3.63, 3.8) is 0 Å². The summed E-state index contributed by atoms with van der Waals surface area (Å²) < 4.78 is 5.67. The molecular formula is C19H21NO. The summed E-state index contributed by atoms with van der Waals surface area (Å²) in [5.41, 5.74) is 6.22. The number of hydrogen-bond acceptors (Lipinski definition) is 2. The second-order valence-corrected chi connectivity index (χ2v) is 5.65. The molecule has 3 aromatic rings. The monoisotopic (exact) mass is 279 g/mol. The fourth-order valence-corrected chi connectivity index (χ4v) is 2.80. The van der Waals surface area contributed by atoms with Gasteiger partial charge in [0.25, 0.3) is 0 Å². The first-order chi connectivity index (χ1) is 10.2. The molecule has 1 atom stereocenters. The summed E-state index contributed by atoms with van der Waals surface area (Å²) in [5, 5.41) is 4.61. The van der Waals surface area contributed by atoms with Gasteiger partial charge in [-0.25, -0.2) is 0 Å². The summed E-state index contributed by atoms with van der Waals surface area (Å²) in [4.78, 5) is 0. The van der Waals surface area contributed by atoms with Gasteiger partial charge in [-0.3, -0.25) is 0 Å². The lowest BCUT2D eigenvalue weighted by atomic mass is 9.96. The van der Waals surface area contributed by atoms with Crippen LogP contribution in [0.5, 0.6) is 0 Å². The highest BCUT2D eigenvalue weighted by Crippen LogP contribution is 2.28. The Bertz CT molecular complexity index is 757. The zero-order valence-electron chi connectivity index (χ0n) is 12.8. The van der Waals surface area contributed by atoms with Crippen molar-refractivity contribution in [2.24, 2.45) is 0 Å². The molecule has 2 heteroatoms. The first-order valence-electron chi connectivity index (χ1n) is 7.38. The summed E-state index contributed by atoms with van der Waals surface area (Å²) >= 11 is 0. The van der Waals surface area contributed by atoms with Crippen LogP contribution < -0.4 is 5.32 Å². The highest BCUT2D eigenvalue weighted by atomic mass is 16.3. The fraction of sp³-hybridized carbons (Fsp3) is 0.263. The maximum absolute atomic E-state index is 5.67. The molecule has 0 aliphatic heterocycles. The topological polar surface area (TPSA) is 25.2 Å². The Kier molecular flexibility index (Phi) is 3.80. The molecule has 0 aliphatic rings. The molecule has 0 saturated carbocycles. The van der Waals surface area contributed by atoms with E-state index in [2.05, 4.69) is 49.5 Å². The number of likely N-dealkylation sites (N-methyl/N-ethyl adjacent to an activating group) is 1. The first-order valence-corrected chi connectivity index (χ1v) is 7.38. The Hall–Kier alpha value is -2.06. The molecule has 0 saturated heterocycles. The van der Waals surface area contributed by atoms with Crippen LogP contribution in [0, 0.1) is 13.8 Å². The largest absolute Gasteiger partial charge is 0.464 e. The molecular weight excluding hydrogens is 258 g/mol. The molecule has 1 unspecified atom stereocenters. The first kappa shape index (κ1) is 13.9. The second kappa shape index (κ2) is 5.74. The minimum absolute atomic E-state index is 0.260. The van der Waals surface area contributed by atoms with Crippen molar-refractivity contribution in [2.75, 3.05) is 7.05 Å². The minimum Gasteiger partial charge on any atom is -0.464 e. The van der Waals surface area contributed by atoms with E-state index in [9.17, 15) is 0 Å². The van der Waals surface area contributed by atoms with E-state index in [1.165, 1.54) is 27.6 Å². The van der Waals surface area contributed by atoms with Crippen LogP contribution in [0.15, 0.2) is 53.1 Å². The third-order valence-electron chi connectivity index (χ3n) is 4.25. The number of rotatable bonds is 4. The average Bonchev–Trinajstić information content (AvgIpc) is 2.92. The van der Waals surface area contributed by atoms with Gasteiger partial charge in [0, 0.05) is 17.0 Å². The summed E-state index contributed by atoms with van der Waals surface area (Å²) in [6, 6.07) is 15.2. The van der Waals surface area contributed by atoms with E-state index in [4.69, 9.17) is 4.42 Å². The van der Waals surface area contributed by atoms with Crippen molar-refractivity contribution in [3.8, 4) is 0 Å². The molecule has 0 radical (unpaired) electrons. The van der Waals surface area contributed by atoms with Gasteiger partial charge in [0.15, 0.2) is 0 Å². The van der Waals surface area contributed by atoms with E-state index < -0.39 is 0 Å². The normalized spacial score (nSPS) is 12.7. The maximum atomic E-state index is 5.67. The van der Waals surface area contributed by atoms with E-state index in [0.717, 1.165) is 12.0 Å². The van der Waals surface area contributed by atoms with Gasteiger partial charge in [-0.2, -0.15) is 0 Å². The molecule has 1 heterocycles. The molecule has 108 valence electrons. The number of benzene rings is 2. The van der Waals surface area contributed by atoms with Gasteiger partial charge in [-0.1, -0.05) is 36.4 Å². The zero-order chi connectivity index (χ0) is 14.8. The zero-order valence-corrected chi connectivity index (χ0v) is 12.8. The number of hydrogen-bond donors (Lipinski definition) is 1. The second-order valence-electron chi connectivity index (χ2n) is 5.65. The Balaban J connectivity index is 1.93. The van der Waals surface area contributed by atoms with Crippen LogP contribution >= 0.6 is 0 Å². The van der Waals surface area contributed by atoms with Crippen molar-refractivity contribution in [1.82, 2.24) is 5.32 Å². The lowest BCUT2D eigenvalue weighted by molar-refractivity contribution is 0.563. The molecule has 1 N–H and O–H groups in total. The lowest BCUT2D eigenvalue weighted by Gasteiger charge is -2.16. The van der Waals surface area contributed by atoms with E-state index in [-0.39, 0.29) is 6.04 Å². The van der Waals surface area contributed by atoms with Gasteiger partial charge in [0.2, 0.25) is 0 Å². The Morgan fingerprint density at radius 2 is 1.86 bits per heavy atom. The number of nitrogens with one attached hydrogen (secondary N) is 1. The Morgan fingerprint density at radius 3 is 2.62 bits per heavy atom. The van der Waals surface area contributed by atoms with E-state index >= 15 is 0 Å². The summed E-state index contributed by atoms with van der Waals surface area (Å²) in [7, 11) is 2.01. The van der Waals surface area contributed by atoms with Crippen LogP contribution in [-0.2, 0) is 6.42 Å². The number of fused-ring (bicyclic) bond motifs is 1. The predicted molar refractivity (Wildman–Crippen MR) is 87.6 cm³/mol. The Labute approximate surface area is 125 Å². The summed E-state index contributed by atoms with van der Waals surface area (Å²) in [6.45, 7) is 4.32. The lowest BCUT2D eigenvalue weighted by Crippen LogP contribution is -2.18. The predicted octanol–water partition coefficient (Wildman–Crippen LogP) is 4.55. The van der Waals surface area contributed by atoms with Crippen molar-refractivity contribution in [1.29, 1.82) is 0 Å². The third-order valence-corrected chi connectivity index (χ3v) is 4.25. The van der Waals surface area contributed by atoms with Crippen LogP contribution in [0.2, 0.25) is 0 Å². The highest BCUT2D eigenvalue weighted by Gasteiger charge is 2.16. The maximum Gasteiger partial charge on any atom is 0.134 e. The molecule has 3 rings (SSSR count). The van der Waals surface area contributed by atoms with Crippen LogP contribution in [0.25, 0.3) is 11.0 Å². The molecule has 1 aromatic heterocycles. The van der Waals surface area contributed by atoms with Gasteiger partial charge < -0.3 is 9.73 Å². The Morgan fingerprint density at radius 1 is 1.05 bits per heavy atom. The molecule has 2 aromatic carbocycles. The number of aryl methyl sites for hydroxylation is 2. The van der Waals surface area contributed by atoms with Gasteiger partial charge in [-0.05, 0) is 50.1 Å². The molecule has 0 amide bonds. The standard InChI is InChI=1S/C19H21NO/c1-13-8-9-15(10-14(13)2)11-18(20-3)17-12-21-19-7-5-4-6-16(17)19/h4-10,12,18,20H,11H2,1-3H3. The van der Waals surface area contributed by atoms with Crippen molar-refractivity contribution < 1.29 is 4.42 Å². The molecule has 0 spiro atoms. The smallest absolute Gasteiger partial charge is 0.134 e. The molecule has 0 aliphatic carbocycles. The summed E-state index contributed by atoms with van der Waals surface area (Å²) in [6.07, 6.45) is 2.84. The van der Waals surface area contributed by atoms with Gasteiger partial charge in [0.1, 0.15) is 5.58 Å². The van der Waals surface area contributed by atoms with Crippen molar-refractivity contribution >= 4 is 11.0 Å². The van der Waals surface area contributed by atoms with E-state index in [0.29, 0.717) is 0 Å². The van der Waals surface area contributed by atoms with Crippen LogP contribution in [0.4, 0.5) is 0 Å². The third kappa shape index (κ3) is 2.72. The molecule has 0 fully saturated rings. The highest BCUT2D eigenvalue weighted by molar-refractivity contribution is 5.81. The van der Waals surface area contributed by atoms with E-state index in [1.807, 2.05) is 25.4 Å². The SMILES string of the molecule is CNC(Cc1ccc(C)c(C)c1)c1coc2ccccc12. The van der Waals surface area contributed by atoms with Gasteiger partial charge in [-0.15, -0.1) is 0 Å². The van der Waals surface area contributed by atoms with Crippen molar-refractivity contribution in [3.05, 3.63) is 71.0 Å². The molecule has 2 nitrogen and oxygen atoms in total. The quantitative estimate of drug-likeness (QED) is 0.757. The van der Waals surface area contributed by atoms with E-state index in [1.54, 1.807) is 0 Å². The summed E-state index contributed by atoms with van der Waals surface area (Å²) in [5.74, 6) is 0. The van der Waals surface area contributed by atoms with Gasteiger partial charge >= 0.3 is 0 Å². The van der Waals surface area contributed by atoms with Gasteiger partial charge in [0.05, 0.1) is 6.26 Å². The fourth-order valence-electron chi connectivity index (χ4n) is 2.80. The number of furan rings is 1. The average molecular weight is 279 g/mol. The van der Waals surface area contributed by atoms with Crippen molar-refractivity contribution in [2.45, 2.75) is 26.3 Å². The molecule has 0 bridgehead atoms. The number of para-hydroxylation sites is 1. The van der Waals surface area contributed by atoms with Crippen LogP contribution in [0.3, 0.4) is 0 Å². The molecule has 21 heavy (non-hydrogen) atoms. The minimum atomic E-state index is 0.260. The van der Waals surface area contributed by atoms with Crippen LogP contribution in [0.1, 0.15) is 28.3 Å². The van der Waals surface area contributed by atoms with Crippen LogP contribution in [-0.4, -0.2) is 7.05 Å².